The highest BCUT2D eigenvalue weighted by Crippen LogP contribution is 2.16. The van der Waals surface area contributed by atoms with E-state index in [0.29, 0.717) is 5.91 Å². The molecule has 0 aliphatic carbocycles. The average molecular weight is 263 g/mol. The summed E-state index contributed by atoms with van der Waals surface area (Å²) in [5, 5.41) is 3.34. The molecule has 0 spiro atoms. The van der Waals surface area contributed by atoms with Crippen molar-refractivity contribution in [2.45, 2.75) is 46.0 Å². The molecule has 0 saturated carbocycles. The lowest BCUT2D eigenvalue weighted by Gasteiger charge is -2.25. The molecule has 1 aliphatic rings. The van der Waals surface area contributed by atoms with Crippen molar-refractivity contribution < 1.29 is 4.79 Å². The van der Waals surface area contributed by atoms with Gasteiger partial charge in [-0.15, -0.1) is 12.4 Å². The number of nitrogens with one attached hydrogen (secondary N) is 1. The van der Waals surface area contributed by atoms with E-state index in [4.69, 9.17) is 0 Å². The third kappa shape index (κ3) is 5.73. The zero-order chi connectivity index (χ0) is 11.8. The molecule has 3 nitrogen and oxygen atoms in total. The molecule has 0 aromatic rings. The summed E-state index contributed by atoms with van der Waals surface area (Å²) in [6.07, 6.45) is 5.51. The minimum Gasteiger partial charge on any atom is -0.341 e. The van der Waals surface area contributed by atoms with Crippen molar-refractivity contribution in [2.75, 3.05) is 26.2 Å². The van der Waals surface area contributed by atoms with Crippen molar-refractivity contribution in [3.8, 4) is 0 Å². The lowest BCUT2D eigenvalue weighted by Crippen LogP contribution is -2.38. The van der Waals surface area contributed by atoms with Crippen LogP contribution < -0.4 is 5.32 Å². The average Bonchev–Trinajstić information content (AvgIpc) is 2.58. The third-order valence-electron chi connectivity index (χ3n) is 3.40. The lowest BCUT2D eigenvalue weighted by atomic mass is 9.97. The zero-order valence-electron chi connectivity index (χ0n) is 11.2. The highest BCUT2D eigenvalue weighted by Gasteiger charge is 2.22. The van der Waals surface area contributed by atoms with Crippen molar-refractivity contribution in [1.29, 1.82) is 0 Å². The van der Waals surface area contributed by atoms with Crippen molar-refractivity contribution >= 4 is 18.3 Å². The smallest absolute Gasteiger partial charge is 0.225 e. The Balaban J connectivity index is 0.00000256. The molecule has 1 saturated heterocycles. The summed E-state index contributed by atoms with van der Waals surface area (Å²) in [6, 6.07) is 0. The van der Waals surface area contributed by atoms with E-state index in [0.717, 1.165) is 45.4 Å². The second-order valence-electron chi connectivity index (χ2n) is 4.68. The predicted molar refractivity (Wildman–Crippen MR) is 74.6 cm³/mol. The predicted octanol–water partition coefficient (Wildman–Crippen LogP) is 2.45. The van der Waals surface area contributed by atoms with Gasteiger partial charge in [0.25, 0.3) is 0 Å². The van der Waals surface area contributed by atoms with Crippen LogP contribution in [0, 0.1) is 5.92 Å². The molecule has 1 fully saturated rings. The molecule has 102 valence electrons. The summed E-state index contributed by atoms with van der Waals surface area (Å²) in [5.74, 6) is 0.651. The Bertz CT molecular complexity index is 204. The molecule has 1 unspecified atom stereocenters. The first kappa shape index (κ1) is 16.7. The van der Waals surface area contributed by atoms with Crippen LogP contribution in [-0.4, -0.2) is 37.0 Å². The first-order chi connectivity index (χ1) is 7.79. The van der Waals surface area contributed by atoms with Crippen LogP contribution in [0.2, 0.25) is 0 Å². The zero-order valence-corrected chi connectivity index (χ0v) is 12.0. The minimum absolute atomic E-state index is 0. The quantitative estimate of drug-likeness (QED) is 0.826. The van der Waals surface area contributed by atoms with E-state index in [9.17, 15) is 4.79 Å². The molecule has 1 rings (SSSR count). The SMILES string of the molecule is CCCCC(CC)C(=O)N1CCCNCC1.Cl. The summed E-state index contributed by atoms with van der Waals surface area (Å²) in [5.41, 5.74) is 0. The first-order valence-corrected chi connectivity index (χ1v) is 6.79. The number of hydrogen-bond acceptors (Lipinski definition) is 2. The largest absolute Gasteiger partial charge is 0.341 e. The van der Waals surface area contributed by atoms with Crippen molar-refractivity contribution in [3.63, 3.8) is 0 Å². The van der Waals surface area contributed by atoms with Gasteiger partial charge in [-0.2, -0.15) is 0 Å². The monoisotopic (exact) mass is 262 g/mol. The van der Waals surface area contributed by atoms with Crippen LogP contribution in [0.5, 0.6) is 0 Å². The molecule has 4 heteroatoms. The van der Waals surface area contributed by atoms with Gasteiger partial charge in [0.15, 0.2) is 0 Å². The Morgan fingerprint density at radius 3 is 2.71 bits per heavy atom. The molecule has 17 heavy (non-hydrogen) atoms. The van der Waals surface area contributed by atoms with Gasteiger partial charge in [-0.25, -0.2) is 0 Å². The van der Waals surface area contributed by atoms with Crippen LogP contribution in [0.1, 0.15) is 46.0 Å². The summed E-state index contributed by atoms with van der Waals surface area (Å²) in [7, 11) is 0. The van der Waals surface area contributed by atoms with Gasteiger partial charge >= 0.3 is 0 Å². The highest BCUT2D eigenvalue weighted by atomic mass is 35.5. The third-order valence-corrected chi connectivity index (χ3v) is 3.40. The van der Waals surface area contributed by atoms with E-state index in [1.807, 2.05) is 0 Å². The van der Waals surface area contributed by atoms with E-state index in [1.165, 1.54) is 12.8 Å². The second kappa shape index (κ2) is 9.72. The number of rotatable bonds is 5. The second-order valence-corrected chi connectivity index (χ2v) is 4.68. The number of carbonyl (C=O) groups is 1. The van der Waals surface area contributed by atoms with Crippen LogP contribution in [0.15, 0.2) is 0 Å². The Labute approximate surface area is 112 Å². The molecular formula is C13H27ClN2O. The fourth-order valence-electron chi connectivity index (χ4n) is 2.28. The Morgan fingerprint density at radius 2 is 2.06 bits per heavy atom. The standard InChI is InChI=1S/C13H26N2O.ClH/c1-3-5-7-12(4-2)13(16)15-10-6-8-14-9-11-15;/h12,14H,3-11H2,1-2H3;1H. The molecule has 1 heterocycles. The van der Waals surface area contributed by atoms with E-state index in [-0.39, 0.29) is 18.3 Å². The topological polar surface area (TPSA) is 32.3 Å². The molecule has 0 bridgehead atoms. The summed E-state index contributed by atoms with van der Waals surface area (Å²) >= 11 is 0. The first-order valence-electron chi connectivity index (χ1n) is 6.79. The van der Waals surface area contributed by atoms with Crippen LogP contribution in [-0.2, 0) is 4.79 Å². The van der Waals surface area contributed by atoms with E-state index in [1.54, 1.807) is 0 Å². The van der Waals surface area contributed by atoms with Gasteiger partial charge < -0.3 is 10.2 Å². The lowest BCUT2D eigenvalue weighted by molar-refractivity contribution is -0.135. The van der Waals surface area contributed by atoms with Crippen LogP contribution in [0.4, 0.5) is 0 Å². The van der Waals surface area contributed by atoms with E-state index < -0.39 is 0 Å². The number of carbonyl (C=O) groups excluding carboxylic acids is 1. The van der Waals surface area contributed by atoms with Crippen LogP contribution in [0.3, 0.4) is 0 Å². The maximum Gasteiger partial charge on any atom is 0.225 e. The number of hydrogen-bond donors (Lipinski definition) is 1. The van der Waals surface area contributed by atoms with Gasteiger partial charge in [-0.1, -0.05) is 26.7 Å². The van der Waals surface area contributed by atoms with Gasteiger partial charge in [-0.05, 0) is 25.8 Å². The van der Waals surface area contributed by atoms with E-state index >= 15 is 0 Å². The van der Waals surface area contributed by atoms with Crippen LogP contribution in [0.25, 0.3) is 0 Å². The number of halogens is 1. The highest BCUT2D eigenvalue weighted by molar-refractivity contribution is 5.85. The van der Waals surface area contributed by atoms with Gasteiger partial charge in [0.1, 0.15) is 0 Å². The molecule has 0 radical (unpaired) electrons. The minimum atomic E-state index is 0. The Hall–Kier alpha value is -0.280. The Morgan fingerprint density at radius 1 is 1.29 bits per heavy atom. The van der Waals surface area contributed by atoms with Crippen molar-refractivity contribution in [3.05, 3.63) is 0 Å². The van der Waals surface area contributed by atoms with Gasteiger partial charge in [0, 0.05) is 25.6 Å². The van der Waals surface area contributed by atoms with E-state index in [2.05, 4.69) is 24.1 Å². The maximum absolute atomic E-state index is 12.3. The van der Waals surface area contributed by atoms with Gasteiger partial charge in [0.2, 0.25) is 5.91 Å². The number of unbranched alkanes of at least 4 members (excludes halogenated alkanes) is 1. The Kier molecular flexibility index (Phi) is 9.56. The maximum atomic E-state index is 12.3. The summed E-state index contributed by atoms with van der Waals surface area (Å²) in [4.78, 5) is 14.3. The molecule has 1 amide bonds. The van der Waals surface area contributed by atoms with Crippen molar-refractivity contribution in [2.24, 2.45) is 5.92 Å². The fraction of sp³-hybridized carbons (Fsp3) is 0.923. The molecule has 1 atom stereocenters. The molecular weight excluding hydrogens is 236 g/mol. The molecule has 1 aliphatic heterocycles. The molecule has 0 aromatic carbocycles. The fourth-order valence-corrected chi connectivity index (χ4v) is 2.28. The van der Waals surface area contributed by atoms with Gasteiger partial charge in [0.05, 0.1) is 0 Å². The molecule has 1 N–H and O–H groups in total. The van der Waals surface area contributed by atoms with Crippen LogP contribution >= 0.6 is 12.4 Å². The number of amides is 1. The van der Waals surface area contributed by atoms with Gasteiger partial charge in [-0.3, -0.25) is 4.79 Å². The number of nitrogens with zero attached hydrogens (tertiary/aromatic N) is 1. The summed E-state index contributed by atoms with van der Waals surface area (Å²) < 4.78 is 0. The van der Waals surface area contributed by atoms with Crippen molar-refractivity contribution in [1.82, 2.24) is 10.2 Å². The normalized spacial score (nSPS) is 18.1. The molecule has 0 aromatic heterocycles. The summed E-state index contributed by atoms with van der Waals surface area (Å²) in [6.45, 7) is 8.16.